The lowest BCUT2D eigenvalue weighted by atomic mass is 10.0. The van der Waals surface area contributed by atoms with Crippen molar-refractivity contribution < 1.29 is 9.47 Å². The van der Waals surface area contributed by atoms with Gasteiger partial charge >= 0.3 is 0 Å². The van der Waals surface area contributed by atoms with Crippen LogP contribution in [-0.2, 0) is 22.3 Å². The minimum Gasteiger partial charge on any atom is -0.396 e. The Bertz CT molecular complexity index is 2120. The van der Waals surface area contributed by atoms with Crippen LogP contribution in [0.15, 0.2) is 85.7 Å². The molecule has 2 saturated heterocycles. The molecule has 12 nitrogen and oxygen atoms in total. The molecule has 0 bridgehead atoms. The SMILES string of the molecule is CC.CCc1ccc(-c2ccnc(Cl)n2)cc1C.CCc1ccc(-c2ccnc(Nc3cnn(C4CCOCC4)c3)n2)cc1C.Nc1cnn(C2CCOCC2)c1. The number of nitrogens with two attached hydrogens (primary N) is 1. The second kappa shape index (κ2) is 21.9. The van der Waals surface area contributed by atoms with Crippen LogP contribution < -0.4 is 11.1 Å². The number of rotatable bonds is 8. The number of halogens is 1. The first-order valence-electron chi connectivity index (χ1n) is 20.1. The third kappa shape index (κ3) is 12.4. The van der Waals surface area contributed by atoms with E-state index in [4.69, 9.17) is 26.8 Å². The standard InChI is InChI=1S/C21H25N5O.C13H13ClN2.C8H13N3O.C2H6/c1-3-16-4-5-17(12-15(16)2)20-6-9-22-21(25-20)24-18-13-23-26(14-18)19-7-10-27-11-8-19;1-3-10-4-5-11(8-9(10)2)12-6-7-15-13(14)16-12;9-7-5-10-11(6-7)8-1-3-12-4-2-8;1-2/h4-6,9,12-14,19H,3,7-8,10-11H2,1-2H3,(H,22,24,25);4-8H,3H2,1-2H3;5-6,8H,1-4,9H2;1-2H3. The van der Waals surface area contributed by atoms with E-state index in [1.807, 2.05) is 53.9 Å². The van der Waals surface area contributed by atoms with Crippen LogP contribution in [0.5, 0.6) is 0 Å². The molecule has 4 aromatic heterocycles. The maximum absolute atomic E-state index is 5.77. The van der Waals surface area contributed by atoms with Crippen molar-refractivity contribution in [3.8, 4) is 22.5 Å². The van der Waals surface area contributed by atoms with Gasteiger partial charge in [0.1, 0.15) is 0 Å². The van der Waals surface area contributed by atoms with Gasteiger partial charge in [0.15, 0.2) is 0 Å². The van der Waals surface area contributed by atoms with Gasteiger partial charge in [-0.25, -0.2) is 19.9 Å². The summed E-state index contributed by atoms with van der Waals surface area (Å²) in [4.78, 5) is 17.1. The summed E-state index contributed by atoms with van der Waals surface area (Å²) in [7, 11) is 0. The van der Waals surface area contributed by atoms with E-state index in [2.05, 4.69) is 99.5 Å². The molecule has 57 heavy (non-hydrogen) atoms. The molecule has 0 atom stereocenters. The Morgan fingerprint density at radius 1 is 0.702 bits per heavy atom. The summed E-state index contributed by atoms with van der Waals surface area (Å²) in [6, 6.07) is 17.5. The number of aryl methyl sites for hydroxylation is 4. The third-order valence-electron chi connectivity index (χ3n) is 9.93. The van der Waals surface area contributed by atoms with E-state index >= 15 is 0 Å². The van der Waals surface area contributed by atoms with Crippen LogP contribution >= 0.6 is 11.6 Å². The van der Waals surface area contributed by atoms with Crippen LogP contribution in [0.1, 0.15) is 87.7 Å². The number of hydrogen-bond donors (Lipinski definition) is 2. The van der Waals surface area contributed by atoms with Gasteiger partial charge in [0.05, 0.1) is 47.2 Å². The smallest absolute Gasteiger partial charge is 0.227 e. The quantitative estimate of drug-likeness (QED) is 0.143. The van der Waals surface area contributed by atoms with Crippen molar-refractivity contribution in [2.75, 3.05) is 37.5 Å². The van der Waals surface area contributed by atoms with Crippen LogP contribution in [0, 0.1) is 13.8 Å². The van der Waals surface area contributed by atoms with Crippen molar-refractivity contribution >= 4 is 28.9 Å². The van der Waals surface area contributed by atoms with Crippen molar-refractivity contribution in [2.24, 2.45) is 0 Å². The molecule has 3 N–H and O–H groups in total. The Labute approximate surface area is 342 Å². The highest BCUT2D eigenvalue weighted by Gasteiger charge is 2.17. The predicted octanol–water partition coefficient (Wildman–Crippen LogP) is 9.82. The average Bonchev–Trinajstić information content (AvgIpc) is 3.92. The number of nitrogen functional groups attached to an aromatic ring is 1. The van der Waals surface area contributed by atoms with E-state index in [-0.39, 0.29) is 5.28 Å². The molecular weight excluding hydrogens is 736 g/mol. The minimum atomic E-state index is 0.287. The normalized spacial score (nSPS) is 14.3. The van der Waals surface area contributed by atoms with Crippen LogP contribution in [0.4, 0.5) is 17.3 Å². The fourth-order valence-corrected chi connectivity index (χ4v) is 6.91. The number of hydrogen-bond acceptors (Lipinski definition) is 10. The number of nitrogens with zero attached hydrogens (tertiary/aromatic N) is 8. The maximum Gasteiger partial charge on any atom is 0.227 e. The molecule has 6 aromatic rings. The number of benzene rings is 2. The van der Waals surface area contributed by atoms with Gasteiger partial charge in [-0.2, -0.15) is 10.2 Å². The first kappa shape index (κ1) is 43.0. The molecule has 0 saturated carbocycles. The van der Waals surface area contributed by atoms with Crippen molar-refractivity contribution in [3.63, 3.8) is 0 Å². The van der Waals surface area contributed by atoms with E-state index in [0.29, 0.717) is 18.0 Å². The Balaban J connectivity index is 0.000000175. The van der Waals surface area contributed by atoms with E-state index in [1.165, 1.54) is 22.3 Å². The van der Waals surface area contributed by atoms with Crippen molar-refractivity contribution in [2.45, 2.75) is 92.2 Å². The van der Waals surface area contributed by atoms with Crippen LogP contribution in [0.25, 0.3) is 22.5 Å². The van der Waals surface area contributed by atoms with Crippen LogP contribution in [-0.4, -0.2) is 65.9 Å². The Hall–Kier alpha value is -5.17. The molecule has 0 amide bonds. The van der Waals surface area contributed by atoms with E-state index in [9.17, 15) is 0 Å². The molecule has 0 aliphatic carbocycles. The molecule has 2 aliphatic rings. The van der Waals surface area contributed by atoms with Gasteiger partial charge in [0, 0.05) is 62.3 Å². The highest BCUT2D eigenvalue weighted by atomic mass is 35.5. The van der Waals surface area contributed by atoms with Gasteiger partial charge < -0.3 is 20.5 Å². The summed E-state index contributed by atoms with van der Waals surface area (Å²) in [5, 5.41) is 12.2. The van der Waals surface area contributed by atoms with Gasteiger partial charge in [-0.3, -0.25) is 9.36 Å². The van der Waals surface area contributed by atoms with Crippen molar-refractivity contribution in [1.29, 1.82) is 0 Å². The summed E-state index contributed by atoms with van der Waals surface area (Å²) in [5.74, 6) is 0.580. The molecule has 0 radical (unpaired) electrons. The first-order valence-corrected chi connectivity index (χ1v) is 20.4. The topological polar surface area (TPSA) is 144 Å². The largest absolute Gasteiger partial charge is 0.396 e. The number of ether oxygens (including phenoxy) is 2. The van der Waals surface area contributed by atoms with Gasteiger partial charge in [-0.1, -0.05) is 52.0 Å². The zero-order valence-corrected chi connectivity index (χ0v) is 34.9. The molecule has 13 heteroatoms. The summed E-state index contributed by atoms with van der Waals surface area (Å²) >= 11 is 5.77. The molecule has 2 aliphatic heterocycles. The van der Waals surface area contributed by atoms with Gasteiger partial charge in [-0.05, 0) is 110 Å². The Kier molecular flexibility index (Phi) is 16.5. The molecule has 2 aromatic carbocycles. The molecule has 0 spiro atoms. The predicted molar refractivity (Wildman–Crippen MR) is 230 cm³/mol. The zero-order valence-electron chi connectivity index (χ0n) is 34.2. The fourth-order valence-electron chi connectivity index (χ4n) is 6.76. The number of aromatic nitrogens is 8. The van der Waals surface area contributed by atoms with E-state index in [1.54, 1.807) is 18.6 Å². The summed E-state index contributed by atoms with van der Waals surface area (Å²) in [6.45, 7) is 15.9. The summed E-state index contributed by atoms with van der Waals surface area (Å²) < 4.78 is 14.6. The minimum absolute atomic E-state index is 0.287. The second-order valence-electron chi connectivity index (χ2n) is 13.7. The van der Waals surface area contributed by atoms with Gasteiger partial charge in [0.25, 0.3) is 0 Å². The number of nitrogens with one attached hydrogen (secondary N) is 1. The lowest BCUT2D eigenvalue weighted by molar-refractivity contribution is 0.0661. The van der Waals surface area contributed by atoms with Crippen molar-refractivity contribution in [1.82, 2.24) is 39.5 Å². The fraction of sp³-hybridized carbons (Fsp3) is 0.409. The van der Waals surface area contributed by atoms with Crippen molar-refractivity contribution in [3.05, 3.63) is 113 Å². The van der Waals surface area contributed by atoms with E-state index < -0.39 is 0 Å². The lowest BCUT2D eigenvalue weighted by Gasteiger charge is -2.22. The van der Waals surface area contributed by atoms with Gasteiger partial charge in [0.2, 0.25) is 11.2 Å². The molecule has 302 valence electrons. The van der Waals surface area contributed by atoms with Crippen LogP contribution in [0.2, 0.25) is 5.28 Å². The summed E-state index contributed by atoms with van der Waals surface area (Å²) in [6.07, 6.45) is 17.1. The molecule has 8 rings (SSSR count). The highest BCUT2D eigenvalue weighted by Crippen LogP contribution is 2.26. The third-order valence-corrected chi connectivity index (χ3v) is 10.1. The zero-order chi connectivity index (χ0) is 40.6. The average molecular weight is 793 g/mol. The maximum atomic E-state index is 5.77. The second-order valence-corrected chi connectivity index (χ2v) is 14.1. The molecular formula is C44H57ClN10O2. The van der Waals surface area contributed by atoms with Gasteiger partial charge in [-0.15, -0.1) is 0 Å². The first-order chi connectivity index (χ1) is 27.8. The monoisotopic (exact) mass is 792 g/mol. The highest BCUT2D eigenvalue weighted by molar-refractivity contribution is 6.28. The Morgan fingerprint density at radius 3 is 1.70 bits per heavy atom. The summed E-state index contributed by atoms with van der Waals surface area (Å²) in [5.41, 5.74) is 16.5. The number of anilines is 3. The molecule has 2 fully saturated rings. The molecule has 6 heterocycles. The van der Waals surface area contributed by atoms with E-state index in [0.717, 1.165) is 98.8 Å². The van der Waals surface area contributed by atoms with Crippen LogP contribution in [0.3, 0.4) is 0 Å². The molecule has 0 unspecified atom stereocenters. The lowest BCUT2D eigenvalue weighted by Crippen LogP contribution is -2.19. The Morgan fingerprint density at radius 2 is 1.21 bits per heavy atom.